The summed E-state index contributed by atoms with van der Waals surface area (Å²) in [4.78, 5) is 0.0764. The first-order chi connectivity index (χ1) is 10.2. The van der Waals surface area contributed by atoms with Gasteiger partial charge < -0.3 is 0 Å². The van der Waals surface area contributed by atoms with Gasteiger partial charge in [-0.2, -0.15) is 0 Å². The van der Waals surface area contributed by atoms with Gasteiger partial charge in [0.15, 0.2) is 0 Å². The van der Waals surface area contributed by atoms with Gasteiger partial charge >= 0.3 is 0 Å². The highest BCUT2D eigenvalue weighted by Crippen LogP contribution is 2.19. The second-order valence-corrected chi connectivity index (χ2v) is 7.75. The van der Waals surface area contributed by atoms with Crippen LogP contribution in [-0.4, -0.2) is 14.0 Å². The van der Waals surface area contributed by atoms with Gasteiger partial charge in [-0.25, -0.2) is 17.5 Å². The number of aryl methyl sites for hydroxylation is 1. The molecular weight excluding hydrogens is 301 g/mol. The van der Waals surface area contributed by atoms with Crippen molar-refractivity contribution in [2.45, 2.75) is 37.6 Å². The fraction of sp³-hybridized carbons (Fsp3) is 0.294. The molecule has 0 aromatic heterocycles. The van der Waals surface area contributed by atoms with Crippen molar-refractivity contribution in [3.05, 3.63) is 65.5 Å². The van der Waals surface area contributed by atoms with Gasteiger partial charge in [0.25, 0.3) is 0 Å². The van der Waals surface area contributed by atoms with E-state index in [0.29, 0.717) is 12.0 Å². The van der Waals surface area contributed by atoms with E-state index in [4.69, 9.17) is 0 Å². The van der Waals surface area contributed by atoms with Crippen molar-refractivity contribution in [3.8, 4) is 0 Å². The molecule has 5 heteroatoms. The molecule has 22 heavy (non-hydrogen) atoms. The topological polar surface area (TPSA) is 46.2 Å². The van der Waals surface area contributed by atoms with Crippen molar-refractivity contribution >= 4 is 10.0 Å². The van der Waals surface area contributed by atoms with Crippen molar-refractivity contribution in [2.24, 2.45) is 0 Å². The molecule has 0 atom stereocenters. The maximum Gasteiger partial charge on any atom is 0.241 e. The van der Waals surface area contributed by atoms with Crippen LogP contribution in [0.3, 0.4) is 0 Å². The van der Waals surface area contributed by atoms with Crippen molar-refractivity contribution in [1.82, 2.24) is 4.72 Å². The summed E-state index contributed by atoms with van der Waals surface area (Å²) < 4.78 is 40.9. The van der Waals surface area contributed by atoms with Crippen molar-refractivity contribution < 1.29 is 12.8 Å². The molecule has 0 fully saturated rings. The third kappa shape index (κ3) is 4.15. The Labute approximate surface area is 131 Å². The molecule has 2 rings (SSSR count). The van der Waals surface area contributed by atoms with Crippen molar-refractivity contribution in [1.29, 1.82) is 0 Å². The molecule has 0 aliphatic rings. The number of sulfonamides is 1. The second kappa shape index (κ2) is 6.18. The Morgan fingerprint density at radius 1 is 1.09 bits per heavy atom. The maximum atomic E-state index is 13.3. The lowest BCUT2D eigenvalue weighted by atomic mass is 9.96. The van der Waals surface area contributed by atoms with Gasteiger partial charge in [-0.3, -0.25) is 0 Å². The lowest BCUT2D eigenvalue weighted by Crippen LogP contribution is -2.45. The van der Waals surface area contributed by atoms with Crippen LogP contribution < -0.4 is 4.72 Å². The zero-order valence-corrected chi connectivity index (χ0v) is 13.7. The predicted molar refractivity (Wildman–Crippen MR) is 85.7 cm³/mol. The first kappa shape index (κ1) is 16.6. The van der Waals surface area contributed by atoms with E-state index in [1.165, 1.54) is 18.2 Å². The fourth-order valence-corrected chi connectivity index (χ4v) is 3.85. The van der Waals surface area contributed by atoms with E-state index in [2.05, 4.69) is 4.72 Å². The third-order valence-corrected chi connectivity index (χ3v) is 5.04. The van der Waals surface area contributed by atoms with Gasteiger partial charge in [0.05, 0.1) is 4.90 Å². The molecular formula is C17H20FNO2S. The quantitative estimate of drug-likeness (QED) is 0.917. The normalized spacial score (nSPS) is 12.4. The standard InChI is InChI=1S/C17H20FNO2S/c1-13-11-15(9-10-16(13)18)22(20,21)19-17(2,3)12-14-7-5-4-6-8-14/h4-11,19H,12H2,1-3H3. The molecule has 2 aromatic carbocycles. The minimum Gasteiger partial charge on any atom is -0.207 e. The summed E-state index contributed by atoms with van der Waals surface area (Å²) in [6.07, 6.45) is 0.563. The molecule has 0 radical (unpaired) electrons. The molecule has 2 aromatic rings. The smallest absolute Gasteiger partial charge is 0.207 e. The molecule has 0 saturated heterocycles. The van der Waals surface area contributed by atoms with Crippen molar-refractivity contribution in [2.75, 3.05) is 0 Å². The number of hydrogen-bond acceptors (Lipinski definition) is 2. The van der Waals surface area contributed by atoms with Crippen LogP contribution in [0, 0.1) is 12.7 Å². The molecule has 0 heterocycles. The van der Waals surface area contributed by atoms with Crippen LogP contribution in [0.1, 0.15) is 25.0 Å². The van der Waals surface area contributed by atoms with Gasteiger partial charge in [-0.05, 0) is 56.5 Å². The van der Waals surface area contributed by atoms with E-state index >= 15 is 0 Å². The second-order valence-electron chi connectivity index (χ2n) is 6.06. The van der Waals surface area contributed by atoms with E-state index in [1.807, 2.05) is 44.2 Å². The first-order valence-corrected chi connectivity index (χ1v) is 8.52. The zero-order chi connectivity index (χ0) is 16.4. The maximum absolute atomic E-state index is 13.3. The summed E-state index contributed by atoms with van der Waals surface area (Å²) in [6, 6.07) is 13.5. The number of rotatable bonds is 5. The first-order valence-electron chi connectivity index (χ1n) is 7.04. The van der Waals surface area contributed by atoms with Crippen LogP contribution in [0.5, 0.6) is 0 Å². The number of benzene rings is 2. The van der Waals surface area contributed by atoms with Crippen LogP contribution in [-0.2, 0) is 16.4 Å². The van der Waals surface area contributed by atoms with Gasteiger partial charge in [-0.15, -0.1) is 0 Å². The van der Waals surface area contributed by atoms with E-state index in [9.17, 15) is 12.8 Å². The molecule has 0 saturated carbocycles. The van der Waals surface area contributed by atoms with E-state index in [1.54, 1.807) is 6.92 Å². The molecule has 0 bridgehead atoms. The molecule has 0 unspecified atom stereocenters. The van der Waals surface area contributed by atoms with Gasteiger partial charge in [0.2, 0.25) is 10.0 Å². The Hall–Kier alpha value is -1.72. The summed E-state index contributed by atoms with van der Waals surface area (Å²) in [5.41, 5.74) is 0.705. The molecule has 0 aliphatic carbocycles. The van der Waals surface area contributed by atoms with Gasteiger partial charge in [0, 0.05) is 5.54 Å². The number of halogens is 1. The van der Waals surface area contributed by atoms with E-state index < -0.39 is 21.4 Å². The third-order valence-electron chi connectivity index (χ3n) is 3.34. The average Bonchev–Trinajstić information content (AvgIpc) is 2.41. The highest BCUT2D eigenvalue weighted by atomic mass is 32.2. The van der Waals surface area contributed by atoms with Crippen LogP contribution >= 0.6 is 0 Å². The Bertz CT molecular complexity index is 755. The Morgan fingerprint density at radius 2 is 1.73 bits per heavy atom. The highest BCUT2D eigenvalue weighted by molar-refractivity contribution is 7.89. The minimum atomic E-state index is -3.69. The summed E-state index contributed by atoms with van der Waals surface area (Å²) in [6.45, 7) is 5.20. The van der Waals surface area contributed by atoms with E-state index in [-0.39, 0.29) is 4.90 Å². The Kier molecular flexibility index (Phi) is 4.68. The lowest BCUT2D eigenvalue weighted by molar-refractivity contribution is 0.450. The molecule has 3 nitrogen and oxygen atoms in total. The van der Waals surface area contributed by atoms with Gasteiger partial charge in [0.1, 0.15) is 5.82 Å². The molecule has 0 spiro atoms. The Balaban J connectivity index is 2.21. The average molecular weight is 321 g/mol. The predicted octanol–water partition coefficient (Wildman–Crippen LogP) is 3.43. The van der Waals surface area contributed by atoms with Gasteiger partial charge in [-0.1, -0.05) is 30.3 Å². The molecule has 118 valence electrons. The summed E-state index contributed by atoms with van der Waals surface area (Å²) in [5.74, 6) is -0.414. The largest absolute Gasteiger partial charge is 0.241 e. The number of nitrogens with one attached hydrogen (secondary N) is 1. The van der Waals surface area contributed by atoms with Crippen molar-refractivity contribution in [3.63, 3.8) is 0 Å². The SMILES string of the molecule is Cc1cc(S(=O)(=O)NC(C)(C)Cc2ccccc2)ccc1F. The number of hydrogen-bond donors (Lipinski definition) is 1. The fourth-order valence-electron chi connectivity index (χ4n) is 2.35. The van der Waals surface area contributed by atoms with Crippen LogP contribution in [0.4, 0.5) is 4.39 Å². The Morgan fingerprint density at radius 3 is 2.32 bits per heavy atom. The highest BCUT2D eigenvalue weighted by Gasteiger charge is 2.26. The summed E-state index contributed by atoms with van der Waals surface area (Å²) >= 11 is 0. The summed E-state index contributed by atoms with van der Waals surface area (Å²) in [7, 11) is -3.69. The monoisotopic (exact) mass is 321 g/mol. The molecule has 0 aliphatic heterocycles. The van der Waals surface area contributed by atoms with Crippen LogP contribution in [0.25, 0.3) is 0 Å². The minimum absolute atomic E-state index is 0.0764. The van der Waals surface area contributed by atoms with Crippen LogP contribution in [0.15, 0.2) is 53.4 Å². The zero-order valence-electron chi connectivity index (χ0n) is 12.9. The van der Waals surface area contributed by atoms with E-state index in [0.717, 1.165) is 5.56 Å². The summed E-state index contributed by atoms with van der Waals surface area (Å²) in [5, 5.41) is 0. The van der Waals surface area contributed by atoms with Crippen LogP contribution in [0.2, 0.25) is 0 Å². The molecule has 0 amide bonds. The molecule has 1 N–H and O–H groups in total. The lowest BCUT2D eigenvalue weighted by Gasteiger charge is -2.26.